The van der Waals surface area contributed by atoms with E-state index in [4.69, 9.17) is 9.47 Å². The number of hydrogen-bond acceptors (Lipinski definition) is 5. The number of thiazole rings is 1. The minimum Gasteiger partial charge on any atom is -0.456 e. The fraction of sp³-hybridized carbons (Fsp3) is 0.0435. The molecule has 1 aromatic heterocycles. The highest BCUT2D eigenvalue weighted by molar-refractivity contribution is 7.13. The minimum atomic E-state index is -0.444. The van der Waals surface area contributed by atoms with Gasteiger partial charge in [0.1, 0.15) is 28.7 Å². The van der Waals surface area contributed by atoms with E-state index in [9.17, 15) is 4.79 Å². The predicted octanol–water partition coefficient (Wildman–Crippen LogP) is 5.96. The zero-order chi connectivity index (χ0) is 19.2. The zero-order valence-corrected chi connectivity index (χ0v) is 15.8. The average Bonchev–Trinajstić information content (AvgIpc) is 3.23. The molecular weight excluding hydrogens is 370 g/mol. The van der Waals surface area contributed by atoms with Crippen molar-refractivity contribution in [3.8, 4) is 22.1 Å². The molecule has 0 saturated carbocycles. The Kier molecular flexibility index (Phi) is 5.45. The van der Waals surface area contributed by atoms with Crippen molar-refractivity contribution in [1.82, 2.24) is 4.98 Å². The fourth-order valence-corrected chi connectivity index (χ4v) is 3.45. The summed E-state index contributed by atoms with van der Waals surface area (Å²) in [5, 5.41) is 2.81. The van der Waals surface area contributed by atoms with Crippen molar-refractivity contribution in [1.29, 1.82) is 0 Å². The molecule has 4 nitrogen and oxygen atoms in total. The maximum Gasteiger partial charge on any atom is 0.342 e. The second kappa shape index (κ2) is 8.50. The molecule has 3 aromatic carbocycles. The van der Waals surface area contributed by atoms with Gasteiger partial charge in [0, 0.05) is 10.9 Å². The van der Waals surface area contributed by atoms with E-state index in [0.717, 1.165) is 16.3 Å². The summed E-state index contributed by atoms with van der Waals surface area (Å²) in [6.07, 6.45) is 0. The van der Waals surface area contributed by atoms with Gasteiger partial charge < -0.3 is 9.47 Å². The standard InChI is InChI=1S/C23H17NO3S/c25-23(20-13-7-8-14-21(20)27-19-11-5-2-6-12-19)26-15-18-16-28-22(24-18)17-9-3-1-4-10-17/h1-14,16H,15H2. The van der Waals surface area contributed by atoms with Gasteiger partial charge in [0.2, 0.25) is 0 Å². The molecule has 0 unspecified atom stereocenters. The first-order valence-electron chi connectivity index (χ1n) is 8.78. The Bertz CT molecular complexity index is 1060. The summed E-state index contributed by atoms with van der Waals surface area (Å²) in [7, 11) is 0. The molecule has 138 valence electrons. The third-order valence-electron chi connectivity index (χ3n) is 4.00. The number of esters is 1. The van der Waals surface area contributed by atoms with Gasteiger partial charge in [-0.25, -0.2) is 9.78 Å². The Hall–Kier alpha value is -3.44. The van der Waals surface area contributed by atoms with Crippen LogP contribution in [0.2, 0.25) is 0 Å². The van der Waals surface area contributed by atoms with Gasteiger partial charge in [0.25, 0.3) is 0 Å². The highest BCUT2D eigenvalue weighted by Crippen LogP contribution is 2.27. The Morgan fingerprint density at radius 2 is 1.54 bits per heavy atom. The van der Waals surface area contributed by atoms with Gasteiger partial charge in [-0.1, -0.05) is 60.7 Å². The molecule has 0 fully saturated rings. The number of hydrogen-bond donors (Lipinski definition) is 0. The van der Waals surface area contributed by atoms with Crippen LogP contribution in [0.1, 0.15) is 16.1 Å². The van der Waals surface area contributed by atoms with Crippen LogP contribution >= 0.6 is 11.3 Å². The van der Waals surface area contributed by atoms with Crippen LogP contribution in [-0.4, -0.2) is 11.0 Å². The Balaban J connectivity index is 1.44. The van der Waals surface area contributed by atoms with E-state index in [1.165, 1.54) is 11.3 Å². The van der Waals surface area contributed by atoms with Gasteiger partial charge in [0.15, 0.2) is 0 Å². The fourth-order valence-electron chi connectivity index (χ4n) is 2.64. The second-order valence-corrected chi connectivity index (χ2v) is 6.86. The van der Waals surface area contributed by atoms with Crippen molar-refractivity contribution in [2.75, 3.05) is 0 Å². The quantitative estimate of drug-likeness (QED) is 0.383. The lowest BCUT2D eigenvalue weighted by Gasteiger charge is -2.10. The number of aromatic nitrogens is 1. The van der Waals surface area contributed by atoms with Gasteiger partial charge in [-0.05, 0) is 24.3 Å². The van der Waals surface area contributed by atoms with Crippen molar-refractivity contribution in [3.05, 3.63) is 102 Å². The Labute approximate surface area is 167 Å². The van der Waals surface area contributed by atoms with Crippen LogP contribution in [0.5, 0.6) is 11.5 Å². The molecule has 0 radical (unpaired) electrons. The maximum atomic E-state index is 12.6. The van der Waals surface area contributed by atoms with Crippen molar-refractivity contribution in [3.63, 3.8) is 0 Å². The smallest absolute Gasteiger partial charge is 0.342 e. The molecular formula is C23H17NO3S. The number of benzene rings is 3. The second-order valence-electron chi connectivity index (χ2n) is 6.00. The Morgan fingerprint density at radius 3 is 2.32 bits per heavy atom. The summed E-state index contributed by atoms with van der Waals surface area (Å²) in [5.74, 6) is 0.678. The van der Waals surface area contributed by atoms with Crippen LogP contribution in [0.4, 0.5) is 0 Å². The summed E-state index contributed by atoms with van der Waals surface area (Å²) < 4.78 is 11.3. The third kappa shape index (κ3) is 4.27. The van der Waals surface area contributed by atoms with Crippen molar-refractivity contribution in [2.24, 2.45) is 0 Å². The Morgan fingerprint density at radius 1 is 0.857 bits per heavy atom. The van der Waals surface area contributed by atoms with Crippen LogP contribution in [-0.2, 0) is 11.3 Å². The van der Waals surface area contributed by atoms with Crippen molar-refractivity contribution in [2.45, 2.75) is 6.61 Å². The normalized spacial score (nSPS) is 10.4. The van der Waals surface area contributed by atoms with E-state index < -0.39 is 5.97 Å². The van der Waals surface area contributed by atoms with E-state index in [1.54, 1.807) is 18.2 Å². The summed E-state index contributed by atoms with van der Waals surface area (Å²) in [5.41, 5.74) is 2.15. The van der Waals surface area contributed by atoms with Crippen LogP contribution in [0.3, 0.4) is 0 Å². The molecule has 0 atom stereocenters. The first kappa shape index (κ1) is 17.9. The monoisotopic (exact) mass is 387 g/mol. The summed E-state index contributed by atoms with van der Waals surface area (Å²) in [4.78, 5) is 17.1. The van der Waals surface area contributed by atoms with Gasteiger partial charge in [-0.15, -0.1) is 11.3 Å². The molecule has 28 heavy (non-hydrogen) atoms. The van der Waals surface area contributed by atoms with E-state index in [2.05, 4.69) is 4.98 Å². The van der Waals surface area contributed by atoms with E-state index >= 15 is 0 Å². The molecule has 0 aliphatic rings. The van der Waals surface area contributed by atoms with Crippen molar-refractivity contribution >= 4 is 17.3 Å². The number of carbonyl (C=O) groups is 1. The minimum absolute atomic E-state index is 0.113. The summed E-state index contributed by atoms with van der Waals surface area (Å²) in [6.45, 7) is 0.113. The third-order valence-corrected chi connectivity index (χ3v) is 4.94. The lowest BCUT2D eigenvalue weighted by Crippen LogP contribution is -2.07. The molecule has 0 spiro atoms. The van der Waals surface area contributed by atoms with Gasteiger partial charge in [-0.3, -0.25) is 0 Å². The van der Waals surface area contributed by atoms with Gasteiger partial charge >= 0.3 is 5.97 Å². The molecule has 0 N–H and O–H groups in total. The largest absolute Gasteiger partial charge is 0.456 e. The van der Waals surface area contributed by atoms with E-state index in [0.29, 0.717) is 17.1 Å². The first-order chi connectivity index (χ1) is 13.8. The molecule has 0 saturated heterocycles. The lowest BCUT2D eigenvalue weighted by molar-refractivity contribution is 0.0465. The molecule has 0 amide bonds. The van der Waals surface area contributed by atoms with Crippen LogP contribution in [0, 0.1) is 0 Å². The van der Waals surface area contributed by atoms with E-state index in [-0.39, 0.29) is 6.61 Å². The molecule has 4 rings (SSSR count). The number of nitrogens with zero attached hydrogens (tertiary/aromatic N) is 1. The van der Waals surface area contributed by atoms with Crippen LogP contribution in [0.25, 0.3) is 10.6 Å². The maximum absolute atomic E-state index is 12.6. The van der Waals surface area contributed by atoms with Gasteiger partial charge in [-0.2, -0.15) is 0 Å². The van der Waals surface area contributed by atoms with Crippen LogP contribution < -0.4 is 4.74 Å². The van der Waals surface area contributed by atoms with Crippen LogP contribution in [0.15, 0.2) is 90.3 Å². The predicted molar refractivity (Wildman–Crippen MR) is 110 cm³/mol. The molecule has 0 bridgehead atoms. The average molecular weight is 387 g/mol. The number of para-hydroxylation sites is 2. The molecule has 5 heteroatoms. The van der Waals surface area contributed by atoms with Gasteiger partial charge in [0.05, 0.1) is 5.69 Å². The highest BCUT2D eigenvalue weighted by atomic mass is 32.1. The highest BCUT2D eigenvalue weighted by Gasteiger charge is 2.15. The SMILES string of the molecule is O=C(OCc1csc(-c2ccccc2)n1)c1ccccc1Oc1ccccc1. The lowest BCUT2D eigenvalue weighted by atomic mass is 10.2. The molecule has 1 heterocycles. The molecule has 0 aliphatic carbocycles. The zero-order valence-electron chi connectivity index (χ0n) is 14.9. The van der Waals surface area contributed by atoms with Crippen molar-refractivity contribution < 1.29 is 14.3 Å². The molecule has 0 aliphatic heterocycles. The van der Waals surface area contributed by atoms with E-state index in [1.807, 2.05) is 72.1 Å². The summed E-state index contributed by atoms with van der Waals surface area (Å²) in [6, 6.07) is 26.3. The number of carbonyl (C=O) groups excluding carboxylic acids is 1. The molecule has 4 aromatic rings. The topological polar surface area (TPSA) is 48.4 Å². The summed E-state index contributed by atoms with van der Waals surface area (Å²) >= 11 is 1.53. The first-order valence-corrected chi connectivity index (χ1v) is 9.66. The number of ether oxygens (including phenoxy) is 2. The number of rotatable bonds is 6.